The molecule has 0 radical (unpaired) electrons. The molecule has 7 heteroatoms. The first kappa shape index (κ1) is 12.3. The molecule has 0 unspecified atom stereocenters. The van der Waals surface area contributed by atoms with E-state index in [-0.39, 0.29) is 6.61 Å². The molecule has 1 aromatic heterocycles. The summed E-state index contributed by atoms with van der Waals surface area (Å²) in [6, 6.07) is 0.700. The van der Waals surface area contributed by atoms with Crippen molar-refractivity contribution in [2.45, 2.75) is 13.1 Å². The monoisotopic (exact) mass is 235 g/mol. The number of hydrogen-bond acceptors (Lipinski definition) is 3. The molecule has 4 nitrogen and oxygen atoms in total. The zero-order chi connectivity index (χ0) is 12.3. The zero-order valence-corrected chi connectivity index (χ0v) is 8.22. The molecule has 1 aromatic rings. The Hall–Kier alpha value is -1.79. The van der Waals surface area contributed by atoms with Gasteiger partial charge >= 0.3 is 12.1 Å². The fraction of sp³-hybridized carbons (Fsp3) is 0.333. The van der Waals surface area contributed by atoms with E-state index in [1.54, 1.807) is 0 Å². The van der Waals surface area contributed by atoms with Gasteiger partial charge < -0.3 is 9.72 Å². The number of aromatic amines is 1. The van der Waals surface area contributed by atoms with Gasteiger partial charge in [-0.3, -0.25) is 4.79 Å². The van der Waals surface area contributed by atoms with E-state index in [2.05, 4.69) is 9.72 Å². The van der Waals surface area contributed by atoms with Gasteiger partial charge in [-0.2, -0.15) is 13.2 Å². The topological polar surface area (TPSA) is 59.2 Å². The van der Waals surface area contributed by atoms with E-state index in [1.807, 2.05) is 0 Å². The SMILES string of the molecule is CCOC(=O)c1[nH]ccc(=O)c1C(F)(F)F. The lowest BCUT2D eigenvalue weighted by Gasteiger charge is -2.10. The predicted octanol–water partition coefficient (Wildman–Crippen LogP) is 1.57. The first-order valence-corrected chi connectivity index (χ1v) is 4.34. The molecule has 16 heavy (non-hydrogen) atoms. The third-order valence-corrected chi connectivity index (χ3v) is 1.72. The number of hydrogen-bond donors (Lipinski definition) is 1. The van der Waals surface area contributed by atoms with E-state index in [0.717, 1.165) is 6.20 Å². The largest absolute Gasteiger partial charge is 0.461 e. The number of esters is 1. The van der Waals surface area contributed by atoms with Gasteiger partial charge in [0.25, 0.3) is 0 Å². The van der Waals surface area contributed by atoms with Crippen molar-refractivity contribution in [3.05, 3.63) is 33.7 Å². The van der Waals surface area contributed by atoms with Crippen molar-refractivity contribution in [2.24, 2.45) is 0 Å². The average Bonchev–Trinajstić information content (AvgIpc) is 2.15. The summed E-state index contributed by atoms with van der Waals surface area (Å²) in [5, 5.41) is 0. The summed E-state index contributed by atoms with van der Waals surface area (Å²) in [6.45, 7) is 1.37. The van der Waals surface area contributed by atoms with E-state index in [1.165, 1.54) is 6.92 Å². The maximum Gasteiger partial charge on any atom is 0.422 e. The van der Waals surface area contributed by atoms with Gasteiger partial charge in [-0.25, -0.2) is 4.79 Å². The lowest BCUT2D eigenvalue weighted by atomic mass is 10.2. The number of carbonyl (C=O) groups excluding carboxylic acids is 1. The molecule has 0 bridgehead atoms. The second-order valence-corrected chi connectivity index (χ2v) is 2.81. The van der Waals surface area contributed by atoms with Crippen molar-refractivity contribution in [3.8, 4) is 0 Å². The molecule has 0 saturated heterocycles. The Morgan fingerprint density at radius 3 is 2.62 bits per heavy atom. The van der Waals surface area contributed by atoms with Crippen molar-refractivity contribution < 1.29 is 22.7 Å². The molecule has 0 amide bonds. The highest BCUT2D eigenvalue weighted by atomic mass is 19.4. The van der Waals surface area contributed by atoms with Gasteiger partial charge in [0.1, 0.15) is 11.3 Å². The standard InChI is InChI=1S/C9H8F3NO3/c1-2-16-8(15)7-6(9(10,11)12)5(14)3-4-13-7/h3-4H,2H2,1H3,(H,13,14). The summed E-state index contributed by atoms with van der Waals surface area (Å²) >= 11 is 0. The molecule has 88 valence electrons. The number of carbonyl (C=O) groups is 1. The molecular formula is C9H8F3NO3. The zero-order valence-electron chi connectivity index (χ0n) is 8.22. The van der Waals surface area contributed by atoms with Crippen LogP contribution in [0, 0.1) is 0 Å². The first-order chi connectivity index (χ1) is 7.38. The Morgan fingerprint density at radius 1 is 1.50 bits per heavy atom. The molecule has 0 fully saturated rings. The minimum absolute atomic E-state index is 0.0763. The molecule has 0 aromatic carbocycles. The van der Waals surface area contributed by atoms with Crippen LogP contribution in [0.2, 0.25) is 0 Å². The smallest absolute Gasteiger partial charge is 0.422 e. The summed E-state index contributed by atoms with van der Waals surface area (Å²) < 4.78 is 41.9. The number of H-pyrrole nitrogens is 1. The molecule has 0 aliphatic heterocycles. The van der Waals surface area contributed by atoms with E-state index in [9.17, 15) is 22.8 Å². The summed E-state index contributed by atoms with van der Waals surface area (Å²) in [4.78, 5) is 24.3. The van der Waals surface area contributed by atoms with Crippen molar-refractivity contribution in [1.29, 1.82) is 0 Å². The van der Waals surface area contributed by atoms with E-state index < -0.39 is 28.8 Å². The predicted molar refractivity (Wildman–Crippen MR) is 48.0 cm³/mol. The molecule has 0 aliphatic rings. The molecule has 0 aliphatic carbocycles. The van der Waals surface area contributed by atoms with Crippen molar-refractivity contribution in [2.75, 3.05) is 6.61 Å². The maximum absolute atomic E-state index is 12.5. The van der Waals surface area contributed by atoms with Crippen LogP contribution in [0.15, 0.2) is 17.1 Å². The fourth-order valence-corrected chi connectivity index (χ4v) is 1.13. The van der Waals surface area contributed by atoms with E-state index in [0.29, 0.717) is 6.07 Å². The van der Waals surface area contributed by atoms with E-state index >= 15 is 0 Å². The van der Waals surface area contributed by atoms with Gasteiger partial charge in [0.2, 0.25) is 0 Å². The summed E-state index contributed by atoms with van der Waals surface area (Å²) in [7, 11) is 0. The fourth-order valence-electron chi connectivity index (χ4n) is 1.13. The quantitative estimate of drug-likeness (QED) is 0.791. The summed E-state index contributed by atoms with van der Waals surface area (Å²) in [6.07, 6.45) is -3.93. The Morgan fingerprint density at radius 2 is 2.12 bits per heavy atom. The Labute approximate surface area is 88.0 Å². The minimum Gasteiger partial charge on any atom is -0.461 e. The van der Waals surface area contributed by atoms with Gasteiger partial charge in [0, 0.05) is 12.3 Å². The second-order valence-electron chi connectivity index (χ2n) is 2.81. The Kier molecular flexibility index (Phi) is 3.36. The van der Waals surface area contributed by atoms with Crippen molar-refractivity contribution in [3.63, 3.8) is 0 Å². The molecule has 1 heterocycles. The third-order valence-electron chi connectivity index (χ3n) is 1.72. The first-order valence-electron chi connectivity index (χ1n) is 4.34. The number of halogens is 3. The van der Waals surface area contributed by atoms with Crippen LogP contribution < -0.4 is 5.43 Å². The molecule has 1 N–H and O–H groups in total. The van der Waals surface area contributed by atoms with Crippen molar-refractivity contribution in [1.82, 2.24) is 4.98 Å². The summed E-state index contributed by atoms with van der Waals surface area (Å²) in [5.74, 6) is -1.20. The molecule has 1 rings (SSSR count). The van der Waals surface area contributed by atoms with Crippen LogP contribution in [0.4, 0.5) is 13.2 Å². The molecule has 0 saturated carbocycles. The summed E-state index contributed by atoms with van der Waals surface area (Å²) in [5.41, 5.74) is -3.68. The Balaban J connectivity index is 3.35. The van der Waals surface area contributed by atoms with Crippen LogP contribution in [-0.2, 0) is 10.9 Å². The number of aromatic nitrogens is 1. The number of rotatable bonds is 2. The number of alkyl halides is 3. The van der Waals surface area contributed by atoms with Crippen LogP contribution in [0.1, 0.15) is 23.0 Å². The van der Waals surface area contributed by atoms with Crippen LogP contribution >= 0.6 is 0 Å². The van der Waals surface area contributed by atoms with E-state index in [4.69, 9.17) is 0 Å². The molecule has 0 spiro atoms. The van der Waals surface area contributed by atoms with Gasteiger partial charge in [-0.1, -0.05) is 0 Å². The van der Waals surface area contributed by atoms with Crippen LogP contribution in [0.5, 0.6) is 0 Å². The normalized spacial score (nSPS) is 11.2. The van der Waals surface area contributed by atoms with Gasteiger partial charge in [-0.05, 0) is 6.92 Å². The maximum atomic E-state index is 12.5. The minimum atomic E-state index is -4.89. The third kappa shape index (κ3) is 2.41. The lowest BCUT2D eigenvalue weighted by molar-refractivity contribution is -0.139. The van der Waals surface area contributed by atoms with Gasteiger partial charge in [-0.15, -0.1) is 0 Å². The second kappa shape index (κ2) is 4.38. The highest BCUT2D eigenvalue weighted by Gasteiger charge is 2.38. The average molecular weight is 235 g/mol. The van der Waals surface area contributed by atoms with Gasteiger partial charge in [0.15, 0.2) is 5.43 Å². The van der Waals surface area contributed by atoms with Crippen LogP contribution in [0.3, 0.4) is 0 Å². The van der Waals surface area contributed by atoms with Gasteiger partial charge in [0.05, 0.1) is 6.61 Å². The highest BCUT2D eigenvalue weighted by molar-refractivity contribution is 5.89. The number of nitrogens with one attached hydrogen (secondary N) is 1. The number of pyridine rings is 1. The highest BCUT2D eigenvalue weighted by Crippen LogP contribution is 2.28. The Bertz CT molecular complexity index is 450. The molecular weight excluding hydrogens is 227 g/mol. The van der Waals surface area contributed by atoms with Crippen LogP contribution in [0.25, 0.3) is 0 Å². The number of ether oxygens (including phenoxy) is 1. The van der Waals surface area contributed by atoms with Crippen molar-refractivity contribution >= 4 is 5.97 Å². The lowest BCUT2D eigenvalue weighted by Crippen LogP contribution is -2.25. The van der Waals surface area contributed by atoms with Crippen LogP contribution in [-0.4, -0.2) is 17.6 Å². The molecule has 0 atom stereocenters.